The van der Waals surface area contributed by atoms with Gasteiger partial charge < -0.3 is 14.2 Å². The van der Waals surface area contributed by atoms with Gasteiger partial charge in [0.15, 0.2) is 6.10 Å². The second-order valence-corrected chi connectivity index (χ2v) is 21.3. The first-order valence-electron chi connectivity index (χ1n) is 32.4. The molecule has 440 valence electrons. The highest BCUT2D eigenvalue weighted by Gasteiger charge is 2.19. The van der Waals surface area contributed by atoms with Gasteiger partial charge in [-0.3, -0.25) is 14.4 Å². The minimum absolute atomic E-state index is 0.0826. The fourth-order valence-electron chi connectivity index (χ4n) is 8.92. The standard InChI is InChI=1S/C71H120O6/c1-4-7-10-13-16-19-21-23-25-27-29-31-33-34-35-36-38-39-41-43-45-47-49-52-55-58-61-64-70(73)76-67-68(66-75-69(72)63-60-57-54-51-18-15-12-9-6-3)77-71(74)65-62-59-56-53-50-48-46-44-42-40-37-32-30-28-26-24-22-20-17-14-11-8-5-2/h7,10,16,19,22-25,28-31,34-35,37-40,68H,4-6,8-9,11-15,17-18,20-21,26-27,32-33,36,41-67H2,1-3H3/b10-7-,19-16-,24-22-,25-23-,30-28-,31-29-,35-34-,39-38-,40-37-. The summed E-state index contributed by atoms with van der Waals surface area (Å²) in [6.07, 6.45) is 88.1. The van der Waals surface area contributed by atoms with Gasteiger partial charge in [0.2, 0.25) is 0 Å². The molecule has 0 aromatic carbocycles. The molecule has 0 amide bonds. The Balaban J connectivity index is 4.26. The second kappa shape index (κ2) is 64.6. The molecule has 0 aliphatic carbocycles. The zero-order valence-electron chi connectivity index (χ0n) is 50.4. The molecule has 0 heterocycles. The smallest absolute Gasteiger partial charge is 0.306 e. The summed E-state index contributed by atoms with van der Waals surface area (Å²) in [5.74, 6) is -0.895. The first kappa shape index (κ1) is 73.1. The number of ether oxygens (including phenoxy) is 3. The van der Waals surface area contributed by atoms with Gasteiger partial charge in [-0.05, 0) is 109 Å². The van der Waals surface area contributed by atoms with Crippen LogP contribution >= 0.6 is 0 Å². The molecule has 0 aliphatic rings. The van der Waals surface area contributed by atoms with Crippen LogP contribution < -0.4 is 0 Å². The van der Waals surface area contributed by atoms with E-state index in [-0.39, 0.29) is 31.1 Å². The number of unbranched alkanes of at least 4 members (excludes halogenated alkanes) is 29. The molecule has 0 aromatic rings. The van der Waals surface area contributed by atoms with E-state index in [1.54, 1.807) is 0 Å². The summed E-state index contributed by atoms with van der Waals surface area (Å²) >= 11 is 0. The summed E-state index contributed by atoms with van der Waals surface area (Å²) in [4.78, 5) is 38.2. The summed E-state index contributed by atoms with van der Waals surface area (Å²) < 4.78 is 16.9. The van der Waals surface area contributed by atoms with Gasteiger partial charge in [0, 0.05) is 19.3 Å². The third-order valence-corrected chi connectivity index (χ3v) is 13.8. The van der Waals surface area contributed by atoms with E-state index in [9.17, 15) is 14.4 Å². The maximum Gasteiger partial charge on any atom is 0.306 e. The minimum atomic E-state index is -0.786. The van der Waals surface area contributed by atoms with E-state index >= 15 is 0 Å². The molecule has 1 unspecified atom stereocenters. The molecule has 1 atom stereocenters. The Bertz CT molecular complexity index is 1560. The zero-order chi connectivity index (χ0) is 55.7. The molecule has 6 heteroatoms. The van der Waals surface area contributed by atoms with Gasteiger partial charge in [0.1, 0.15) is 13.2 Å². The van der Waals surface area contributed by atoms with Crippen molar-refractivity contribution in [3.8, 4) is 0 Å². The maximum atomic E-state index is 12.9. The minimum Gasteiger partial charge on any atom is -0.462 e. The molecule has 0 fully saturated rings. The van der Waals surface area contributed by atoms with Crippen molar-refractivity contribution in [3.05, 3.63) is 109 Å². The van der Waals surface area contributed by atoms with Gasteiger partial charge in [-0.1, -0.05) is 284 Å². The summed E-state index contributed by atoms with van der Waals surface area (Å²) in [5, 5.41) is 0. The van der Waals surface area contributed by atoms with Crippen molar-refractivity contribution in [1.29, 1.82) is 0 Å². The third kappa shape index (κ3) is 62.8. The van der Waals surface area contributed by atoms with E-state index in [1.165, 1.54) is 141 Å². The molecule has 77 heavy (non-hydrogen) atoms. The van der Waals surface area contributed by atoms with Crippen molar-refractivity contribution in [2.24, 2.45) is 0 Å². The molecule has 0 saturated heterocycles. The Morgan fingerprint density at radius 1 is 0.273 bits per heavy atom. The molecule has 0 aromatic heterocycles. The maximum absolute atomic E-state index is 12.9. The quantitative estimate of drug-likeness (QED) is 0.0261. The number of hydrogen-bond acceptors (Lipinski definition) is 6. The molecule has 0 saturated carbocycles. The number of hydrogen-bond donors (Lipinski definition) is 0. The van der Waals surface area contributed by atoms with Crippen LogP contribution in [0.2, 0.25) is 0 Å². The molecular weight excluding hydrogens is 949 g/mol. The lowest BCUT2D eigenvalue weighted by Gasteiger charge is -2.18. The summed E-state index contributed by atoms with van der Waals surface area (Å²) in [6.45, 7) is 6.50. The van der Waals surface area contributed by atoms with Crippen molar-refractivity contribution < 1.29 is 28.6 Å². The number of rotatable bonds is 58. The Labute approximate surface area is 476 Å². The Morgan fingerprint density at radius 2 is 0.506 bits per heavy atom. The van der Waals surface area contributed by atoms with Crippen molar-refractivity contribution in [3.63, 3.8) is 0 Å². The van der Waals surface area contributed by atoms with Crippen LogP contribution in [-0.4, -0.2) is 37.2 Å². The number of carbonyl (C=O) groups is 3. The first-order valence-corrected chi connectivity index (χ1v) is 32.4. The monoisotopic (exact) mass is 1070 g/mol. The van der Waals surface area contributed by atoms with Gasteiger partial charge in [-0.2, -0.15) is 0 Å². The summed E-state index contributed by atoms with van der Waals surface area (Å²) in [7, 11) is 0. The van der Waals surface area contributed by atoms with Crippen LogP contribution in [0.3, 0.4) is 0 Å². The SMILES string of the molecule is CC/C=C\C/C=C\C/C=C\C/C=C\C/C=C\C/C=C\CCCCCCCCCCC(=O)OCC(COC(=O)CCCCCCCCCCC)OC(=O)CCCCCCCCCC/C=C\C/C=C\C/C=C\CCCCCCC. The lowest BCUT2D eigenvalue weighted by Crippen LogP contribution is -2.30. The average Bonchev–Trinajstić information content (AvgIpc) is 3.43. The van der Waals surface area contributed by atoms with Crippen LogP contribution in [0.15, 0.2) is 109 Å². The van der Waals surface area contributed by atoms with E-state index in [2.05, 4.69) is 130 Å². The van der Waals surface area contributed by atoms with Crippen LogP contribution in [0.25, 0.3) is 0 Å². The number of carbonyl (C=O) groups excluding carboxylic acids is 3. The second-order valence-electron chi connectivity index (χ2n) is 21.3. The highest BCUT2D eigenvalue weighted by atomic mass is 16.6. The fraction of sp³-hybridized carbons (Fsp3) is 0.704. The van der Waals surface area contributed by atoms with E-state index in [0.29, 0.717) is 19.3 Å². The lowest BCUT2D eigenvalue weighted by atomic mass is 10.1. The van der Waals surface area contributed by atoms with Crippen LogP contribution in [0, 0.1) is 0 Å². The molecule has 0 bridgehead atoms. The Kier molecular flexibility index (Phi) is 61.3. The topological polar surface area (TPSA) is 78.9 Å². The molecule has 0 rings (SSSR count). The highest BCUT2D eigenvalue weighted by Crippen LogP contribution is 2.16. The normalized spacial score (nSPS) is 12.8. The molecule has 0 radical (unpaired) electrons. The van der Waals surface area contributed by atoms with Crippen LogP contribution in [-0.2, 0) is 28.6 Å². The molecule has 6 nitrogen and oxygen atoms in total. The van der Waals surface area contributed by atoms with Gasteiger partial charge >= 0.3 is 17.9 Å². The van der Waals surface area contributed by atoms with Gasteiger partial charge in [-0.15, -0.1) is 0 Å². The fourth-order valence-corrected chi connectivity index (χ4v) is 8.92. The molecular formula is C71H120O6. The van der Waals surface area contributed by atoms with E-state index in [0.717, 1.165) is 122 Å². The van der Waals surface area contributed by atoms with Crippen molar-refractivity contribution in [2.75, 3.05) is 13.2 Å². The summed E-state index contributed by atoms with van der Waals surface area (Å²) in [6, 6.07) is 0. The third-order valence-electron chi connectivity index (χ3n) is 13.8. The van der Waals surface area contributed by atoms with Crippen LogP contribution in [0.4, 0.5) is 0 Å². The van der Waals surface area contributed by atoms with E-state index < -0.39 is 6.10 Å². The van der Waals surface area contributed by atoms with Crippen molar-refractivity contribution in [2.45, 2.75) is 309 Å². The van der Waals surface area contributed by atoms with Crippen LogP contribution in [0.1, 0.15) is 303 Å². The molecule has 0 spiro atoms. The van der Waals surface area contributed by atoms with Crippen molar-refractivity contribution >= 4 is 17.9 Å². The number of esters is 3. The average molecular weight is 1070 g/mol. The van der Waals surface area contributed by atoms with E-state index in [1.807, 2.05) is 0 Å². The van der Waals surface area contributed by atoms with Gasteiger partial charge in [-0.25, -0.2) is 0 Å². The zero-order valence-corrected chi connectivity index (χ0v) is 50.4. The number of allylic oxidation sites excluding steroid dienone is 18. The molecule has 0 aliphatic heterocycles. The Hall–Kier alpha value is -3.93. The highest BCUT2D eigenvalue weighted by molar-refractivity contribution is 5.71. The predicted molar refractivity (Wildman–Crippen MR) is 334 cm³/mol. The lowest BCUT2D eigenvalue weighted by molar-refractivity contribution is -0.167. The predicted octanol–water partition coefficient (Wildman–Crippen LogP) is 22.2. The first-order chi connectivity index (χ1) is 38.0. The van der Waals surface area contributed by atoms with Gasteiger partial charge in [0.25, 0.3) is 0 Å². The Morgan fingerprint density at radius 3 is 0.792 bits per heavy atom. The summed E-state index contributed by atoms with van der Waals surface area (Å²) in [5.41, 5.74) is 0. The largest absolute Gasteiger partial charge is 0.462 e. The van der Waals surface area contributed by atoms with Crippen LogP contribution in [0.5, 0.6) is 0 Å². The van der Waals surface area contributed by atoms with E-state index in [4.69, 9.17) is 14.2 Å². The van der Waals surface area contributed by atoms with Crippen molar-refractivity contribution in [1.82, 2.24) is 0 Å². The van der Waals surface area contributed by atoms with Gasteiger partial charge in [0.05, 0.1) is 0 Å². The molecule has 0 N–H and O–H groups in total.